The van der Waals surface area contributed by atoms with Gasteiger partial charge in [-0.3, -0.25) is 14.6 Å². The SMILES string of the molecule is O=C(NCc1ccccn1)c1cccc(NC(=O)c2cc(F)cc(Br)c2)c1. The third-order valence-corrected chi connectivity index (χ3v) is 4.12. The number of anilines is 1. The van der Waals surface area contributed by atoms with E-state index in [2.05, 4.69) is 31.5 Å². The second kappa shape index (κ2) is 8.55. The van der Waals surface area contributed by atoms with E-state index in [-0.39, 0.29) is 11.5 Å². The molecule has 0 saturated carbocycles. The Morgan fingerprint density at radius 3 is 2.56 bits per heavy atom. The number of amides is 2. The molecule has 0 spiro atoms. The van der Waals surface area contributed by atoms with Crippen LogP contribution in [0.25, 0.3) is 0 Å². The van der Waals surface area contributed by atoms with Crippen molar-refractivity contribution in [2.45, 2.75) is 6.54 Å². The normalized spacial score (nSPS) is 10.3. The number of hydrogen-bond donors (Lipinski definition) is 2. The number of carbonyl (C=O) groups excluding carboxylic acids is 2. The minimum absolute atomic E-state index is 0.173. The van der Waals surface area contributed by atoms with Crippen LogP contribution in [0.2, 0.25) is 0 Å². The van der Waals surface area contributed by atoms with E-state index in [1.165, 1.54) is 12.1 Å². The van der Waals surface area contributed by atoms with Crippen LogP contribution in [0, 0.1) is 5.82 Å². The number of benzene rings is 2. The lowest BCUT2D eigenvalue weighted by Gasteiger charge is -2.09. The quantitative estimate of drug-likeness (QED) is 0.641. The molecule has 0 bridgehead atoms. The molecule has 3 rings (SSSR count). The van der Waals surface area contributed by atoms with Crippen molar-refractivity contribution in [2.75, 3.05) is 5.32 Å². The maximum Gasteiger partial charge on any atom is 0.255 e. The third kappa shape index (κ3) is 5.21. The average Bonchev–Trinajstić information content (AvgIpc) is 2.66. The van der Waals surface area contributed by atoms with Crippen molar-refractivity contribution in [3.8, 4) is 0 Å². The van der Waals surface area contributed by atoms with Crippen LogP contribution in [0.15, 0.2) is 71.3 Å². The van der Waals surface area contributed by atoms with Crippen LogP contribution >= 0.6 is 15.9 Å². The predicted octanol–water partition coefficient (Wildman–Crippen LogP) is 4.17. The van der Waals surface area contributed by atoms with E-state index in [4.69, 9.17) is 0 Å². The van der Waals surface area contributed by atoms with Crippen LogP contribution in [0.1, 0.15) is 26.4 Å². The topological polar surface area (TPSA) is 71.1 Å². The first kappa shape index (κ1) is 18.7. The zero-order valence-corrected chi connectivity index (χ0v) is 15.7. The van der Waals surface area contributed by atoms with Gasteiger partial charge in [0, 0.05) is 27.5 Å². The number of rotatable bonds is 5. The number of halogens is 2. The van der Waals surface area contributed by atoms with Crippen molar-refractivity contribution in [2.24, 2.45) is 0 Å². The minimum atomic E-state index is -0.517. The summed E-state index contributed by atoms with van der Waals surface area (Å²) < 4.78 is 13.9. The van der Waals surface area contributed by atoms with Gasteiger partial charge in [-0.05, 0) is 48.5 Å². The summed E-state index contributed by atoms with van der Waals surface area (Å²) in [6, 6.07) is 15.9. The molecule has 0 aliphatic carbocycles. The van der Waals surface area contributed by atoms with Crippen LogP contribution < -0.4 is 10.6 Å². The fourth-order valence-corrected chi connectivity index (χ4v) is 2.87. The minimum Gasteiger partial charge on any atom is -0.346 e. The standard InChI is InChI=1S/C20H15BrFN3O2/c21-15-8-14(9-16(22)11-15)20(27)25-17-6-3-4-13(10-17)19(26)24-12-18-5-1-2-7-23-18/h1-11H,12H2,(H,24,26)(H,25,27). The van der Waals surface area contributed by atoms with E-state index >= 15 is 0 Å². The van der Waals surface area contributed by atoms with Crippen molar-refractivity contribution >= 4 is 33.4 Å². The molecule has 2 amide bonds. The second-order valence-electron chi connectivity index (χ2n) is 5.70. The Morgan fingerprint density at radius 2 is 1.81 bits per heavy atom. The Hall–Kier alpha value is -3.06. The zero-order valence-electron chi connectivity index (χ0n) is 14.1. The monoisotopic (exact) mass is 427 g/mol. The van der Waals surface area contributed by atoms with Crippen LogP contribution in [0.3, 0.4) is 0 Å². The molecule has 7 heteroatoms. The van der Waals surface area contributed by atoms with Gasteiger partial charge in [0.1, 0.15) is 5.82 Å². The summed E-state index contributed by atoms with van der Waals surface area (Å²) in [7, 11) is 0. The van der Waals surface area contributed by atoms with Gasteiger partial charge in [0.2, 0.25) is 0 Å². The Kier molecular flexibility index (Phi) is 5.93. The van der Waals surface area contributed by atoms with Gasteiger partial charge in [0.05, 0.1) is 12.2 Å². The molecule has 136 valence electrons. The second-order valence-corrected chi connectivity index (χ2v) is 6.61. The molecule has 3 aromatic rings. The summed E-state index contributed by atoms with van der Waals surface area (Å²) in [5.41, 5.74) is 1.74. The van der Waals surface area contributed by atoms with Gasteiger partial charge < -0.3 is 10.6 Å². The largest absolute Gasteiger partial charge is 0.346 e. The van der Waals surface area contributed by atoms with Crippen molar-refractivity contribution < 1.29 is 14.0 Å². The highest BCUT2D eigenvalue weighted by atomic mass is 79.9. The van der Waals surface area contributed by atoms with Gasteiger partial charge in [-0.15, -0.1) is 0 Å². The first-order valence-corrected chi connectivity index (χ1v) is 8.86. The number of hydrogen-bond acceptors (Lipinski definition) is 3. The van der Waals surface area contributed by atoms with Gasteiger partial charge >= 0.3 is 0 Å². The molecule has 0 aliphatic rings. The molecule has 1 aromatic heterocycles. The maximum atomic E-state index is 13.5. The number of nitrogens with one attached hydrogen (secondary N) is 2. The average molecular weight is 428 g/mol. The first-order valence-electron chi connectivity index (χ1n) is 8.07. The van der Waals surface area contributed by atoms with Gasteiger partial charge in [0.25, 0.3) is 11.8 Å². The highest BCUT2D eigenvalue weighted by molar-refractivity contribution is 9.10. The highest BCUT2D eigenvalue weighted by Crippen LogP contribution is 2.17. The van der Waals surface area contributed by atoms with Crippen molar-refractivity contribution in [1.82, 2.24) is 10.3 Å². The Morgan fingerprint density at radius 1 is 0.963 bits per heavy atom. The van der Waals surface area contributed by atoms with Crippen molar-refractivity contribution in [3.63, 3.8) is 0 Å². The predicted molar refractivity (Wildman–Crippen MR) is 104 cm³/mol. The number of carbonyl (C=O) groups is 2. The summed E-state index contributed by atoms with van der Waals surface area (Å²) >= 11 is 3.16. The maximum absolute atomic E-state index is 13.5. The summed E-state index contributed by atoms with van der Waals surface area (Å²) in [5, 5.41) is 5.44. The molecular weight excluding hydrogens is 413 g/mol. The van der Waals surface area contributed by atoms with Crippen LogP contribution in [0.5, 0.6) is 0 Å². The van der Waals surface area contributed by atoms with Crippen molar-refractivity contribution in [3.05, 3.63) is 94.0 Å². The van der Waals surface area contributed by atoms with Crippen molar-refractivity contribution in [1.29, 1.82) is 0 Å². The summed E-state index contributed by atoms with van der Waals surface area (Å²) in [6.45, 7) is 0.299. The summed E-state index contributed by atoms with van der Waals surface area (Å²) in [4.78, 5) is 28.8. The molecule has 2 aromatic carbocycles. The molecule has 0 aliphatic heterocycles. The molecule has 2 N–H and O–H groups in total. The first-order chi connectivity index (χ1) is 13.0. The fourth-order valence-electron chi connectivity index (χ4n) is 2.40. The zero-order chi connectivity index (χ0) is 19.2. The number of nitrogens with zero attached hydrogens (tertiary/aromatic N) is 1. The Balaban J connectivity index is 1.67. The molecule has 0 atom stereocenters. The smallest absolute Gasteiger partial charge is 0.255 e. The molecule has 0 fully saturated rings. The van der Waals surface area contributed by atoms with Crippen LogP contribution in [-0.4, -0.2) is 16.8 Å². The van der Waals surface area contributed by atoms with Gasteiger partial charge in [-0.1, -0.05) is 28.1 Å². The number of pyridine rings is 1. The van der Waals surface area contributed by atoms with Crippen LogP contribution in [-0.2, 0) is 6.54 Å². The molecule has 5 nitrogen and oxygen atoms in total. The highest BCUT2D eigenvalue weighted by Gasteiger charge is 2.11. The van der Waals surface area contributed by atoms with E-state index in [0.717, 1.165) is 11.8 Å². The molecule has 27 heavy (non-hydrogen) atoms. The molecule has 0 radical (unpaired) electrons. The molecule has 0 saturated heterocycles. The summed E-state index contributed by atoms with van der Waals surface area (Å²) in [6.07, 6.45) is 1.66. The van der Waals surface area contributed by atoms with Gasteiger partial charge in [0.15, 0.2) is 0 Å². The molecule has 0 unspecified atom stereocenters. The Bertz CT molecular complexity index is 960. The van der Waals surface area contributed by atoms with E-state index < -0.39 is 11.7 Å². The fraction of sp³-hybridized carbons (Fsp3) is 0.0500. The molecular formula is C20H15BrFN3O2. The van der Waals surface area contributed by atoms with E-state index in [1.54, 1.807) is 36.5 Å². The van der Waals surface area contributed by atoms with Crippen LogP contribution in [0.4, 0.5) is 10.1 Å². The van der Waals surface area contributed by atoms with Gasteiger partial charge in [-0.2, -0.15) is 0 Å². The van der Waals surface area contributed by atoms with E-state index in [1.807, 2.05) is 12.1 Å². The van der Waals surface area contributed by atoms with Gasteiger partial charge in [-0.25, -0.2) is 4.39 Å². The Labute approximate surface area is 163 Å². The van der Waals surface area contributed by atoms with E-state index in [0.29, 0.717) is 22.3 Å². The third-order valence-electron chi connectivity index (χ3n) is 3.66. The summed E-state index contributed by atoms with van der Waals surface area (Å²) in [5.74, 6) is -1.27. The lowest BCUT2D eigenvalue weighted by Crippen LogP contribution is -2.23. The molecule has 1 heterocycles. The lowest BCUT2D eigenvalue weighted by atomic mass is 10.1. The number of aromatic nitrogens is 1. The lowest BCUT2D eigenvalue weighted by molar-refractivity contribution is 0.0949. The van der Waals surface area contributed by atoms with E-state index in [9.17, 15) is 14.0 Å².